The first-order valence-electron chi connectivity index (χ1n) is 4.49. The van der Waals surface area contributed by atoms with E-state index in [1.165, 1.54) is 0 Å². The highest BCUT2D eigenvalue weighted by molar-refractivity contribution is 5.78. The lowest BCUT2D eigenvalue weighted by atomic mass is 10.1. The van der Waals surface area contributed by atoms with Gasteiger partial charge in [-0.1, -0.05) is 0 Å². The molecule has 4 nitrogen and oxygen atoms in total. The van der Waals surface area contributed by atoms with Crippen LogP contribution in [0, 0.1) is 0 Å². The van der Waals surface area contributed by atoms with Gasteiger partial charge in [-0.3, -0.25) is 4.99 Å². The summed E-state index contributed by atoms with van der Waals surface area (Å²) in [6, 6.07) is 0.314. The summed E-state index contributed by atoms with van der Waals surface area (Å²) in [4.78, 5) is 4.17. The molecule has 0 radical (unpaired) electrons. The number of aliphatic imine (C=N–C) groups is 1. The normalized spacial score (nSPS) is 13.5. The first-order chi connectivity index (χ1) is 5.87. The van der Waals surface area contributed by atoms with Gasteiger partial charge in [-0.05, 0) is 27.7 Å². The molecule has 0 saturated heterocycles. The fourth-order valence-electron chi connectivity index (χ4n) is 0.682. The Morgan fingerprint density at radius 3 is 2.46 bits per heavy atom. The summed E-state index contributed by atoms with van der Waals surface area (Å²) in [6.45, 7) is 8.54. The van der Waals surface area contributed by atoms with Crippen LogP contribution in [0.4, 0.5) is 0 Å². The summed E-state index contributed by atoms with van der Waals surface area (Å²) in [5, 5.41) is 3.01. The third kappa shape index (κ3) is 6.40. The summed E-state index contributed by atoms with van der Waals surface area (Å²) in [6.07, 6.45) is 0. The highest BCUT2D eigenvalue weighted by Gasteiger charge is 2.15. The van der Waals surface area contributed by atoms with Crippen molar-refractivity contribution in [2.75, 3.05) is 13.7 Å². The van der Waals surface area contributed by atoms with E-state index >= 15 is 0 Å². The highest BCUT2D eigenvalue weighted by Crippen LogP contribution is 2.06. The minimum absolute atomic E-state index is 0.247. The lowest BCUT2D eigenvalue weighted by molar-refractivity contribution is 0.0311. The molecule has 0 saturated carbocycles. The number of methoxy groups -OCH3 is 1. The van der Waals surface area contributed by atoms with Gasteiger partial charge in [0.05, 0.1) is 12.1 Å². The van der Waals surface area contributed by atoms with E-state index in [2.05, 4.69) is 10.3 Å². The van der Waals surface area contributed by atoms with Gasteiger partial charge in [-0.25, -0.2) is 0 Å². The SMILES string of the molecule is COC(C)(C)CN=C(N)NC(C)C. The van der Waals surface area contributed by atoms with Crippen molar-refractivity contribution in [1.82, 2.24) is 5.32 Å². The Hall–Kier alpha value is -0.770. The van der Waals surface area contributed by atoms with Crippen LogP contribution in [0.5, 0.6) is 0 Å². The second-order valence-electron chi connectivity index (χ2n) is 3.96. The molecule has 0 aromatic heterocycles. The quantitative estimate of drug-likeness (QED) is 0.504. The van der Waals surface area contributed by atoms with E-state index in [0.29, 0.717) is 18.5 Å². The van der Waals surface area contributed by atoms with Crippen LogP contribution in [-0.2, 0) is 4.74 Å². The maximum absolute atomic E-state index is 5.62. The first-order valence-corrected chi connectivity index (χ1v) is 4.49. The summed E-state index contributed by atoms with van der Waals surface area (Å²) >= 11 is 0. The largest absolute Gasteiger partial charge is 0.377 e. The second kappa shape index (κ2) is 5.07. The molecule has 0 atom stereocenters. The number of hydrogen-bond donors (Lipinski definition) is 2. The van der Waals surface area contributed by atoms with Crippen molar-refractivity contribution < 1.29 is 4.74 Å². The monoisotopic (exact) mass is 187 g/mol. The first kappa shape index (κ1) is 12.2. The molecule has 0 aromatic rings. The number of nitrogens with one attached hydrogen (secondary N) is 1. The van der Waals surface area contributed by atoms with Crippen molar-refractivity contribution >= 4 is 5.96 Å². The Morgan fingerprint density at radius 2 is 2.08 bits per heavy atom. The maximum atomic E-state index is 5.62. The minimum Gasteiger partial charge on any atom is -0.377 e. The lowest BCUT2D eigenvalue weighted by Crippen LogP contribution is -2.38. The van der Waals surface area contributed by atoms with Gasteiger partial charge in [0.25, 0.3) is 0 Å². The molecule has 78 valence electrons. The average molecular weight is 187 g/mol. The number of guanidine groups is 1. The molecule has 0 aromatic carbocycles. The number of rotatable bonds is 4. The van der Waals surface area contributed by atoms with Crippen molar-refractivity contribution in [2.45, 2.75) is 39.3 Å². The van der Waals surface area contributed by atoms with Gasteiger partial charge in [-0.15, -0.1) is 0 Å². The standard InChI is InChI=1S/C9H21N3O/c1-7(2)12-8(10)11-6-9(3,4)13-5/h7H,6H2,1-5H3,(H3,10,11,12). The zero-order chi connectivity index (χ0) is 10.5. The van der Waals surface area contributed by atoms with E-state index in [0.717, 1.165) is 0 Å². The second-order valence-corrected chi connectivity index (χ2v) is 3.96. The molecule has 0 amide bonds. The van der Waals surface area contributed by atoms with Gasteiger partial charge in [-0.2, -0.15) is 0 Å². The predicted octanol–water partition coefficient (Wildman–Crippen LogP) is 0.724. The van der Waals surface area contributed by atoms with Crippen molar-refractivity contribution in [3.63, 3.8) is 0 Å². The third-order valence-electron chi connectivity index (χ3n) is 1.62. The molecule has 0 aliphatic rings. The van der Waals surface area contributed by atoms with Crippen LogP contribution in [-0.4, -0.2) is 31.3 Å². The van der Waals surface area contributed by atoms with Gasteiger partial charge >= 0.3 is 0 Å². The van der Waals surface area contributed by atoms with E-state index in [4.69, 9.17) is 10.5 Å². The fourth-order valence-corrected chi connectivity index (χ4v) is 0.682. The van der Waals surface area contributed by atoms with Gasteiger partial charge in [0.1, 0.15) is 0 Å². The molecule has 0 heterocycles. The third-order valence-corrected chi connectivity index (χ3v) is 1.62. The molecule has 3 N–H and O–H groups in total. The molecule has 0 spiro atoms. The van der Waals surface area contributed by atoms with Gasteiger partial charge < -0.3 is 15.8 Å². The fraction of sp³-hybridized carbons (Fsp3) is 0.889. The minimum atomic E-state index is -0.247. The van der Waals surface area contributed by atoms with Crippen molar-refractivity contribution in [3.05, 3.63) is 0 Å². The highest BCUT2D eigenvalue weighted by atomic mass is 16.5. The van der Waals surface area contributed by atoms with Gasteiger partial charge in [0.2, 0.25) is 0 Å². The predicted molar refractivity (Wildman–Crippen MR) is 55.8 cm³/mol. The van der Waals surface area contributed by atoms with Gasteiger partial charge in [0, 0.05) is 13.2 Å². The smallest absolute Gasteiger partial charge is 0.188 e. The van der Waals surface area contributed by atoms with Gasteiger partial charge in [0.15, 0.2) is 5.96 Å². The van der Waals surface area contributed by atoms with Crippen LogP contribution in [0.15, 0.2) is 4.99 Å². The van der Waals surface area contributed by atoms with E-state index < -0.39 is 0 Å². The Labute approximate surface area is 80.6 Å². The molecule has 0 fully saturated rings. The van der Waals surface area contributed by atoms with Crippen LogP contribution in [0.25, 0.3) is 0 Å². The Morgan fingerprint density at radius 1 is 1.54 bits per heavy atom. The topological polar surface area (TPSA) is 59.6 Å². The number of ether oxygens (including phenoxy) is 1. The van der Waals surface area contributed by atoms with Crippen LogP contribution in [0.2, 0.25) is 0 Å². The van der Waals surface area contributed by atoms with Crippen LogP contribution in [0.3, 0.4) is 0 Å². The molecular weight excluding hydrogens is 166 g/mol. The van der Waals surface area contributed by atoms with Crippen LogP contribution >= 0.6 is 0 Å². The van der Waals surface area contributed by atoms with E-state index in [1.54, 1.807) is 7.11 Å². The number of hydrogen-bond acceptors (Lipinski definition) is 2. The Kier molecular flexibility index (Phi) is 4.77. The zero-order valence-electron chi connectivity index (χ0n) is 9.22. The zero-order valence-corrected chi connectivity index (χ0v) is 9.22. The van der Waals surface area contributed by atoms with Crippen LogP contribution in [0.1, 0.15) is 27.7 Å². The molecule has 13 heavy (non-hydrogen) atoms. The summed E-state index contributed by atoms with van der Waals surface area (Å²) < 4.78 is 5.20. The Bertz CT molecular complexity index is 176. The molecule has 0 aliphatic carbocycles. The van der Waals surface area contributed by atoms with Crippen molar-refractivity contribution in [1.29, 1.82) is 0 Å². The maximum Gasteiger partial charge on any atom is 0.188 e. The summed E-state index contributed by atoms with van der Waals surface area (Å²) in [5.41, 5.74) is 5.37. The Balaban J connectivity index is 3.96. The van der Waals surface area contributed by atoms with E-state index in [9.17, 15) is 0 Å². The van der Waals surface area contributed by atoms with Crippen LogP contribution < -0.4 is 11.1 Å². The molecular formula is C9H21N3O. The average Bonchev–Trinajstić information content (AvgIpc) is 2.00. The van der Waals surface area contributed by atoms with Crippen molar-refractivity contribution in [3.8, 4) is 0 Å². The molecule has 0 rings (SSSR count). The number of nitrogens with two attached hydrogens (primary N) is 1. The molecule has 0 bridgehead atoms. The lowest BCUT2D eigenvalue weighted by Gasteiger charge is -2.20. The number of nitrogens with zero attached hydrogens (tertiary/aromatic N) is 1. The summed E-state index contributed by atoms with van der Waals surface area (Å²) in [7, 11) is 1.67. The molecule has 0 unspecified atom stereocenters. The van der Waals surface area contributed by atoms with Crippen molar-refractivity contribution in [2.24, 2.45) is 10.7 Å². The summed E-state index contributed by atoms with van der Waals surface area (Å²) in [5.74, 6) is 0.472. The van der Waals surface area contributed by atoms with E-state index in [-0.39, 0.29) is 5.60 Å². The molecule has 4 heteroatoms. The molecule has 0 aliphatic heterocycles. The van der Waals surface area contributed by atoms with E-state index in [1.807, 2.05) is 27.7 Å².